The molecule has 4 aromatic carbocycles. The molecule has 6 aromatic rings. The summed E-state index contributed by atoms with van der Waals surface area (Å²) in [5.41, 5.74) is 8.18. The number of halogens is 2. The third kappa shape index (κ3) is 6.70. The van der Waals surface area contributed by atoms with Gasteiger partial charge in [0.2, 0.25) is 0 Å². The Bertz CT molecular complexity index is 2070. The SMILES string of the molecule is CCc1ccc(-c2ccc(-c3ccc(CC4CC4C4CCCC4c4ccc(-c5ccc(-c6ccc(CC)s6)c(F)c5)cc4)cc3)cc2F)s1. The zero-order chi connectivity index (χ0) is 33.5. The standard InChI is InChI=1S/C45H42F2S2/c1-3-35-18-22-44(48-35)39-20-16-32(26-42(39)46)29-10-8-28(9-11-29)24-34-25-41(34)38-7-5-6-37(38)31-14-12-30(13-15-31)33-17-21-40(43(47)27-33)45-23-19-36(4-2)49-45/h8-23,26-27,34,37-38,41H,3-7,24-25H2,1-2H3. The van der Waals surface area contributed by atoms with E-state index in [0.717, 1.165) is 69.0 Å². The molecule has 8 rings (SSSR count). The van der Waals surface area contributed by atoms with E-state index in [2.05, 4.69) is 80.6 Å². The second-order valence-corrected chi connectivity index (χ2v) is 16.3. The molecule has 0 bridgehead atoms. The summed E-state index contributed by atoms with van der Waals surface area (Å²) in [6.45, 7) is 4.27. The maximum absolute atomic E-state index is 15.2. The van der Waals surface area contributed by atoms with Crippen molar-refractivity contribution in [3.63, 3.8) is 0 Å². The van der Waals surface area contributed by atoms with Crippen LogP contribution in [0.1, 0.15) is 66.3 Å². The smallest absolute Gasteiger partial charge is 0.132 e. The van der Waals surface area contributed by atoms with E-state index in [4.69, 9.17) is 0 Å². The summed E-state index contributed by atoms with van der Waals surface area (Å²) in [6, 6.07) is 37.4. The van der Waals surface area contributed by atoms with E-state index in [0.29, 0.717) is 17.0 Å². The van der Waals surface area contributed by atoms with Crippen LogP contribution < -0.4 is 0 Å². The second-order valence-electron chi connectivity index (χ2n) is 14.0. The maximum atomic E-state index is 15.2. The van der Waals surface area contributed by atoms with Gasteiger partial charge in [-0.3, -0.25) is 0 Å². The average Bonchev–Trinajstić information content (AvgIpc) is 3.54. The summed E-state index contributed by atoms with van der Waals surface area (Å²) in [7, 11) is 0. The first-order valence-electron chi connectivity index (χ1n) is 17.9. The third-order valence-electron chi connectivity index (χ3n) is 11.0. The predicted octanol–water partition coefficient (Wildman–Crippen LogP) is 13.6. The number of aryl methyl sites for hydroxylation is 2. The fourth-order valence-electron chi connectivity index (χ4n) is 8.22. The topological polar surface area (TPSA) is 0 Å². The predicted molar refractivity (Wildman–Crippen MR) is 204 cm³/mol. The number of hydrogen-bond donors (Lipinski definition) is 0. The van der Waals surface area contributed by atoms with Gasteiger partial charge in [0.05, 0.1) is 0 Å². The van der Waals surface area contributed by atoms with Crippen molar-refractivity contribution in [2.45, 2.75) is 64.7 Å². The van der Waals surface area contributed by atoms with Crippen molar-refractivity contribution >= 4 is 22.7 Å². The number of hydrogen-bond acceptors (Lipinski definition) is 2. The van der Waals surface area contributed by atoms with E-state index in [9.17, 15) is 0 Å². The summed E-state index contributed by atoms with van der Waals surface area (Å²) in [6.07, 6.45) is 8.25. The molecule has 0 saturated heterocycles. The van der Waals surface area contributed by atoms with Crippen molar-refractivity contribution in [3.8, 4) is 43.1 Å². The minimum atomic E-state index is -0.157. The fourth-order valence-corrected chi connectivity index (χ4v) is 10.2. The van der Waals surface area contributed by atoms with Crippen molar-refractivity contribution in [1.82, 2.24) is 0 Å². The van der Waals surface area contributed by atoms with Crippen LogP contribution in [-0.2, 0) is 19.3 Å². The molecule has 4 atom stereocenters. The Balaban J connectivity index is 0.894. The van der Waals surface area contributed by atoms with Crippen LogP contribution in [0.25, 0.3) is 43.1 Å². The Kier molecular flexibility index (Phi) is 9.11. The zero-order valence-corrected chi connectivity index (χ0v) is 29.9. The van der Waals surface area contributed by atoms with Gasteiger partial charge >= 0.3 is 0 Å². The number of thiophene rings is 2. The van der Waals surface area contributed by atoms with E-state index in [-0.39, 0.29) is 11.6 Å². The quantitative estimate of drug-likeness (QED) is 0.135. The van der Waals surface area contributed by atoms with E-state index in [1.54, 1.807) is 34.8 Å². The molecule has 0 nitrogen and oxygen atoms in total. The summed E-state index contributed by atoms with van der Waals surface area (Å²) in [5, 5.41) is 0. The molecule has 2 fully saturated rings. The van der Waals surface area contributed by atoms with Crippen LogP contribution in [0.3, 0.4) is 0 Å². The summed E-state index contributed by atoms with van der Waals surface area (Å²) < 4.78 is 30.3. The van der Waals surface area contributed by atoms with Crippen molar-refractivity contribution < 1.29 is 8.78 Å². The molecule has 0 aliphatic heterocycles. The normalized spacial score (nSPS) is 20.2. The van der Waals surface area contributed by atoms with Crippen molar-refractivity contribution in [2.24, 2.45) is 17.8 Å². The molecule has 2 aromatic heterocycles. The minimum Gasteiger partial charge on any atom is -0.206 e. The van der Waals surface area contributed by atoms with E-state index >= 15 is 8.78 Å². The molecule has 2 saturated carbocycles. The van der Waals surface area contributed by atoms with Crippen molar-refractivity contribution in [3.05, 3.63) is 142 Å². The van der Waals surface area contributed by atoms with E-state index in [1.807, 2.05) is 30.3 Å². The molecule has 2 aliphatic rings. The first-order valence-corrected chi connectivity index (χ1v) is 19.6. The molecule has 0 spiro atoms. The largest absolute Gasteiger partial charge is 0.206 e. The first kappa shape index (κ1) is 32.4. The molecule has 0 amide bonds. The van der Waals surface area contributed by atoms with Crippen LogP contribution in [-0.4, -0.2) is 0 Å². The molecular weight excluding hydrogens is 643 g/mol. The fraction of sp³-hybridized carbons (Fsp3) is 0.289. The van der Waals surface area contributed by atoms with Crippen LogP contribution in [0.4, 0.5) is 8.78 Å². The van der Waals surface area contributed by atoms with Gasteiger partial charge in [0, 0.05) is 30.6 Å². The highest BCUT2D eigenvalue weighted by Crippen LogP contribution is 2.56. The second kappa shape index (κ2) is 13.8. The molecule has 2 heterocycles. The van der Waals surface area contributed by atoms with Gasteiger partial charge in [-0.1, -0.05) is 80.9 Å². The average molecular weight is 685 g/mol. The summed E-state index contributed by atoms with van der Waals surface area (Å²) >= 11 is 3.35. The summed E-state index contributed by atoms with van der Waals surface area (Å²) in [5.74, 6) is 2.56. The van der Waals surface area contributed by atoms with Gasteiger partial charge in [0.1, 0.15) is 11.6 Å². The minimum absolute atomic E-state index is 0.154. The molecule has 0 radical (unpaired) electrons. The van der Waals surface area contributed by atoms with Crippen LogP contribution in [0.5, 0.6) is 0 Å². The van der Waals surface area contributed by atoms with E-state index < -0.39 is 0 Å². The molecular formula is C45H42F2S2. The Morgan fingerprint density at radius 1 is 0.571 bits per heavy atom. The highest BCUT2D eigenvalue weighted by molar-refractivity contribution is 7.15. The molecule has 2 aliphatic carbocycles. The molecule has 248 valence electrons. The first-order chi connectivity index (χ1) is 24.0. The zero-order valence-electron chi connectivity index (χ0n) is 28.2. The lowest BCUT2D eigenvalue weighted by atomic mass is 9.84. The Morgan fingerprint density at radius 2 is 1.10 bits per heavy atom. The Hall–Kier alpha value is -3.86. The van der Waals surface area contributed by atoms with Gasteiger partial charge in [-0.15, -0.1) is 22.7 Å². The van der Waals surface area contributed by atoms with Crippen LogP contribution in [0, 0.1) is 29.4 Å². The number of benzene rings is 4. The van der Waals surface area contributed by atoms with Crippen molar-refractivity contribution in [1.29, 1.82) is 0 Å². The maximum Gasteiger partial charge on any atom is 0.132 e. The van der Waals surface area contributed by atoms with Gasteiger partial charge < -0.3 is 0 Å². The molecule has 4 unspecified atom stereocenters. The number of rotatable bonds is 10. The summed E-state index contributed by atoms with van der Waals surface area (Å²) in [4.78, 5) is 4.55. The highest BCUT2D eigenvalue weighted by Gasteiger charge is 2.47. The third-order valence-corrected chi connectivity index (χ3v) is 13.6. The Morgan fingerprint density at radius 3 is 1.61 bits per heavy atom. The molecule has 49 heavy (non-hydrogen) atoms. The monoisotopic (exact) mass is 684 g/mol. The van der Waals surface area contributed by atoms with Crippen molar-refractivity contribution in [2.75, 3.05) is 0 Å². The lowest BCUT2D eigenvalue weighted by molar-refractivity contribution is 0.402. The van der Waals surface area contributed by atoms with Crippen LogP contribution in [0.2, 0.25) is 0 Å². The van der Waals surface area contributed by atoms with E-state index in [1.165, 1.54) is 46.6 Å². The Labute approximate surface area is 297 Å². The van der Waals surface area contributed by atoms with Crippen LogP contribution in [0.15, 0.2) is 109 Å². The van der Waals surface area contributed by atoms with Gasteiger partial charge in [-0.05, 0) is 144 Å². The van der Waals surface area contributed by atoms with Gasteiger partial charge in [-0.2, -0.15) is 0 Å². The van der Waals surface area contributed by atoms with Gasteiger partial charge in [-0.25, -0.2) is 8.78 Å². The lowest BCUT2D eigenvalue weighted by Crippen LogP contribution is -2.10. The molecule has 0 N–H and O–H groups in total. The van der Waals surface area contributed by atoms with Gasteiger partial charge in [0.25, 0.3) is 0 Å². The lowest BCUT2D eigenvalue weighted by Gasteiger charge is -2.21. The highest BCUT2D eigenvalue weighted by atomic mass is 32.1. The molecule has 4 heteroatoms. The van der Waals surface area contributed by atoms with Crippen LogP contribution >= 0.6 is 22.7 Å². The van der Waals surface area contributed by atoms with Gasteiger partial charge in [0.15, 0.2) is 0 Å².